The molecule has 0 spiro atoms. The van der Waals surface area contributed by atoms with Gasteiger partial charge in [-0.2, -0.15) is 0 Å². The molecule has 26 heavy (non-hydrogen) atoms. The number of benzene rings is 1. The Morgan fingerprint density at radius 1 is 1.15 bits per heavy atom. The molecule has 1 atom stereocenters. The Hall–Kier alpha value is -0.860. The van der Waals surface area contributed by atoms with Gasteiger partial charge in [-0.1, -0.05) is 37.3 Å². The maximum Gasteiger partial charge on any atom is 0.191 e. The van der Waals surface area contributed by atoms with E-state index in [9.17, 15) is 0 Å². The third kappa shape index (κ3) is 7.80. The molecule has 1 heterocycles. The zero-order valence-corrected chi connectivity index (χ0v) is 18.9. The van der Waals surface area contributed by atoms with Gasteiger partial charge in [0, 0.05) is 51.9 Å². The monoisotopic (exact) mass is 473 g/mol. The van der Waals surface area contributed by atoms with Gasteiger partial charge in [-0.3, -0.25) is 9.89 Å². The summed E-state index contributed by atoms with van der Waals surface area (Å²) in [5, 5.41) is 6.78. The van der Waals surface area contributed by atoms with Crippen LogP contribution in [0.25, 0.3) is 0 Å². The molecule has 148 valence electrons. The Labute approximate surface area is 176 Å². The van der Waals surface area contributed by atoms with Crippen LogP contribution in [0, 0.1) is 0 Å². The molecule has 1 aliphatic rings. The third-order valence-corrected chi connectivity index (χ3v) is 4.63. The first-order valence-corrected chi connectivity index (χ1v) is 9.74. The number of nitrogens with zero attached hydrogens (tertiary/aromatic N) is 3. The van der Waals surface area contributed by atoms with Crippen LogP contribution in [0.4, 0.5) is 0 Å². The van der Waals surface area contributed by atoms with Gasteiger partial charge in [-0.25, -0.2) is 0 Å². The Balaban J connectivity index is 0.00000338. The van der Waals surface area contributed by atoms with Crippen molar-refractivity contribution in [2.24, 2.45) is 4.99 Å². The van der Waals surface area contributed by atoms with E-state index in [1.807, 2.05) is 0 Å². The van der Waals surface area contributed by atoms with E-state index in [0.717, 1.165) is 64.6 Å². The number of piperazine rings is 1. The first-order chi connectivity index (χ1) is 12.2. The molecule has 2 N–H and O–H groups in total. The molecule has 0 aromatic heterocycles. The fourth-order valence-corrected chi connectivity index (χ4v) is 3.27. The van der Waals surface area contributed by atoms with E-state index in [1.165, 1.54) is 5.56 Å². The van der Waals surface area contributed by atoms with Crippen LogP contribution >= 0.6 is 24.0 Å². The molecule has 1 fully saturated rings. The molecule has 0 amide bonds. The fraction of sp³-hybridized carbons (Fsp3) is 0.650. The number of nitrogens with one attached hydrogen (secondary N) is 2. The summed E-state index contributed by atoms with van der Waals surface area (Å²) in [7, 11) is 2.22. The predicted octanol–water partition coefficient (Wildman–Crippen LogP) is 2.95. The maximum absolute atomic E-state index is 4.56. The lowest BCUT2D eigenvalue weighted by Gasteiger charge is -2.40. The van der Waals surface area contributed by atoms with Crippen LogP contribution in [0.2, 0.25) is 0 Å². The molecule has 0 radical (unpaired) electrons. The van der Waals surface area contributed by atoms with Gasteiger partial charge in [0.05, 0.1) is 0 Å². The van der Waals surface area contributed by atoms with Crippen molar-refractivity contribution < 1.29 is 0 Å². The fourth-order valence-electron chi connectivity index (χ4n) is 3.27. The highest BCUT2D eigenvalue weighted by Crippen LogP contribution is 2.24. The molecule has 1 aromatic carbocycles. The van der Waals surface area contributed by atoms with E-state index < -0.39 is 0 Å². The molecule has 0 saturated carbocycles. The van der Waals surface area contributed by atoms with Crippen LogP contribution < -0.4 is 10.6 Å². The molecular formula is C20H36IN5. The number of guanidine groups is 1. The van der Waals surface area contributed by atoms with E-state index in [0.29, 0.717) is 6.04 Å². The summed E-state index contributed by atoms with van der Waals surface area (Å²) in [6.45, 7) is 11.5. The summed E-state index contributed by atoms with van der Waals surface area (Å²) in [6.07, 6.45) is 2.21. The third-order valence-electron chi connectivity index (χ3n) is 4.63. The summed E-state index contributed by atoms with van der Waals surface area (Å²) in [4.78, 5) is 9.63. The van der Waals surface area contributed by atoms with Gasteiger partial charge in [0.25, 0.3) is 0 Å². The number of rotatable bonds is 8. The van der Waals surface area contributed by atoms with Gasteiger partial charge >= 0.3 is 0 Å². The van der Waals surface area contributed by atoms with Crippen molar-refractivity contribution in [1.29, 1.82) is 0 Å². The van der Waals surface area contributed by atoms with Crippen molar-refractivity contribution in [2.45, 2.75) is 32.7 Å². The number of hydrogen-bond acceptors (Lipinski definition) is 3. The van der Waals surface area contributed by atoms with Crippen molar-refractivity contribution in [3.05, 3.63) is 35.9 Å². The molecule has 1 aromatic rings. The highest BCUT2D eigenvalue weighted by atomic mass is 127. The molecule has 0 bridgehead atoms. The number of aliphatic imine (C=N–C) groups is 1. The van der Waals surface area contributed by atoms with Crippen LogP contribution in [0.15, 0.2) is 35.3 Å². The van der Waals surface area contributed by atoms with Crippen LogP contribution in [0.3, 0.4) is 0 Å². The summed E-state index contributed by atoms with van der Waals surface area (Å²) in [5.41, 5.74) is 1.43. The largest absolute Gasteiger partial charge is 0.357 e. The number of halogens is 1. The Bertz CT molecular complexity index is 508. The van der Waals surface area contributed by atoms with Crippen molar-refractivity contribution in [1.82, 2.24) is 20.4 Å². The van der Waals surface area contributed by atoms with Crippen molar-refractivity contribution in [3.63, 3.8) is 0 Å². The van der Waals surface area contributed by atoms with E-state index in [-0.39, 0.29) is 24.0 Å². The van der Waals surface area contributed by atoms with Crippen LogP contribution in [0.1, 0.15) is 38.3 Å². The number of hydrogen-bond donors (Lipinski definition) is 2. The maximum atomic E-state index is 4.56. The van der Waals surface area contributed by atoms with Crippen LogP contribution in [-0.4, -0.2) is 68.6 Å². The molecule has 2 rings (SSSR count). The van der Waals surface area contributed by atoms with Crippen molar-refractivity contribution in [2.75, 3.05) is 52.9 Å². The van der Waals surface area contributed by atoms with Crippen molar-refractivity contribution >= 4 is 29.9 Å². The summed E-state index contributed by atoms with van der Waals surface area (Å²) >= 11 is 0. The smallest absolute Gasteiger partial charge is 0.191 e. The first kappa shape index (κ1) is 23.2. The Morgan fingerprint density at radius 3 is 2.62 bits per heavy atom. The standard InChI is InChI=1S/C20H35N5.HI/c1-4-12-22-20(21-5-2)23-13-9-14-25-16-15-24(3)17-19(25)18-10-7-6-8-11-18;/h6-8,10-11,19H,4-5,9,12-17H2,1-3H3,(H2,21,22,23);1H. The number of likely N-dealkylation sites (N-methyl/N-ethyl adjacent to an activating group) is 1. The molecule has 1 unspecified atom stereocenters. The zero-order chi connectivity index (χ0) is 17.9. The van der Waals surface area contributed by atoms with Gasteiger partial charge in [0.15, 0.2) is 5.96 Å². The topological polar surface area (TPSA) is 42.9 Å². The molecule has 1 saturated heterocycles. The zero-order valence-electron chi connectivity index (χ0n) is 16.6. The second kappa shape index (κ2) is 13.3. The summed E-state index contributed by atoms with van der Waals surface area (Å²) in [5.74, 6) is 0.947. The lowest BCUT2D eigenvalue weighted by atomic mass is 10.0. The van der Waals surface area contributed by atoms with E-state index >= 15 is 0 Å². The van der Waals surface area contributed by atoms with E-state index in [4.69, 9.17) is 0 Å². The normalized spacial score (nSPS) is 19.0. The minimum absolute atomic E-state index is 0. The predicted molar refractivity (Wildman–Crippen MR) is 123 cm³/mol. The molecular weight excluding hydrogens is 437 g/mol. The van der Waals surface area contributed by atoms with Gasteiger partial charge < -0.3 is 15.5 Å². The molecule has 1 aliphatic heterocycles. The van der Waals surface area contributed by atoms with Gasteiger partial charge in [-0.05, 0) is 32.4 Å². The highest BCUT2D eigenvalue weighted by molar-refractivity contribution is 14.0. The van der Waals surface area contributed by atoms with Gasteiger partial charge in [0.1, 0.15) is 0 Å². The van der Waals surface area contributed by atoms with Crippen LogP contribution in [0.5, 0.6) is 0 Å². The lowest BCUT2D eigenvalue weighted by molar-refractivity contribution is 0.0891. The van der Waals surface area contributed by atoms with Gasteiger partial charge in [0.2, 0.25) is 0 Å². The quantitative estimate of drug-likeness (QED) is 0.264. The van der Waals surface area contributed by atoms with E-state index in [2.05, 4.69) is 76.7 Å². The van der Waals surface area contributed by atoms with Crippen molar-refractivity contribution in [3.8, 4) is 0 Å². The second-order valence-electron chi connectivity index (χ2n) is 6.77. The summed E-state index contributed by atoms with van der Waals surface area (Å²) in [6, 6.07) is 11.4. The molecule has 0 aliphatic carbocycles. The SMILES string of the molecule is CCCN=C(NCC)NCCCN1CCN(C)CC1c1ccccc1.I. The van der Waals surface area contributed by atoms with E-state index in [1.54, 1.807) is 0 Å². The summed E-state index contributed by atoms with van der Waals surface area (Å²) < 4.78 is 0. The average molecular weight is 473 g/mol. The lowest BCUT2D eigenvalue weighted by Crippen LogP contribution is -2.47. The Morgan fingerprint density at radius 2 is 1.92 bits per heavy atom. The van der Waals surface area contributed by atoms with Crippen LogP contribution in [-0.2, 0) is 0 Å². The highest BCUT2D eigenvalue weighted by Gasteiger charge is 2.25. The Kier molecular flexibility index (Phi) is 11.9. The second-order valence-corrected chi connectivity index (χ2v) is 6.77. The van der Waals surface area contributed by atoms with Gasteiger partial charge in [-0.15, -0.1) is 24.0 Å². The first-order valence-electron chi connectivity index (χ1n) is 9.74. The average Bonchev–Trinajstić information content (AvgIpc) is 2.64. The molecule has 5 nitrogen and oxygen atoms in total. The molecule has 6 heteroatoms. The minimum atomic E-state index is 0. The minimum Gasteiger partial charge on any atom is -0.357 e.